The van der Waals surface area contributed by atoms with Crippen molar-refractivity contribution < 1.29 is 13.9 Å². The molecule has 0 fully saturated rings. The number of carbonyl (C=O) groups excluding carboxylic acids is 1. The Morgan fingerprint density at radius 1 is 1.83 bits per heavy atom. The van der Waals surface area contributed by atoms with Crippen LogP contribution in [0.25, 0.3) is 0 Å². The van der Waals surface area contributed by atoms with Gasteiger partial charge in [0.1, 0.15) is 5.03 Å². The Morgan fingerprint density at radius 3 is 3.17 bits per heavy atom. The Balaban J connectivity index is 2.79. The summed E-state index contributed by atoms with van der Waals surface area (Å²) in [6.07, 6.45) is 3.05. The largest absolute Gasteiger partial charge is 0.460 e. The molecule has 12 heavy (non-hydrogen) atoms. The Labute approximate surface area is 74.3 Å². The third-order valence-electron chi connectivity index (χ3n) is 1.19. The number of esters is 1. The highest BCUT2D eigenvalue weighted by Gasteiger charge is 2.16. The molecule has 0 saturated carbocycles. The van der Waals surface area contributed by atoms with Crippen LogP contribution in [0.4, 0.5) is 0 Å². The second-order valence-corrected chi connectivity index (χ2v) is 2.71. The number of oxazole rings is 1. The molecule has 1 rings (SSSR count). The molecule has 66 valence electrons. The van der Waals surface area contributed by atoms with Gasteiger partial charge in [0, 0.05) is 0 Å². The summed E-state index contributed by atoms with van der Waals surface area (Å²) in [5, 5.41) is 0.563. The highest BCUT2D eigenvalue weighted by atomic mass is 32.2. The van der Waals surface area contributed by atoms with Crippen LogP contribution in [0.1, 0.15) is 17.5 Å². The molecule has 0 aromatic carbocycles. The third-order valence-corrected chi connectivity index (χ3v) is 1.87. The van der Waals surface area contributed by atoms with Crippen LogP contribution in [0, 0.1) is 0 Å². The maximum Gasteiger partial charge on any atom is 0.377 e. The number of nitrogens with zero attached hydrogens (tertiary/aromatic N) is 1. The van der Waals surface area contributed by atoms with Gasteiger partial charge in [-0.05, 0) is 13.2 Å². The summed E-state index contributed by atoms with van der Waals surface area (Å²) in [5.74, 6) is -0.274. The highest BCUT2D eigenvalue weighted by molar-refractivity contribution is 7.98. The molecule has 0 spiro atoms. The molecule has 0 aliphatic rings. The molecule has 0 aliphatic carbocycles. The normalized spacial score (nSPS) is 9.83. The van der Waals surface area contributed by atoms with Crippen molar-refractivity contribution in [3.8, 4) is 0 Å². The molecule has 1 heterocycles. The Hall–Kier alpha value is -0.970. The summed E-state index contributed by atoms with van der Waals surface area (Å²) in [5.41, 5.74) is 0. The maximum atomic E-state index is 11.1. The van der Waals surface area contributed by atoms with E-state index in [1.165, 1.54) is 18.2 Å². The smallest absolute Gasteiger partial charge is 0.377 e. The summed E-state index contributed by atoms with van der Waals surface area (Å²) in [7, 11) is 0. The Bertz CT molecular complexity index is 271. The van der Waals surface area contributed by atoms with Crippen LogP contribution >= 0.6 is 11.8 Å². The zero-order valence-electron chi connectivity index (χ0n) is 6.86. The van der Waals surface area contributed by atoms with Crippen LogP contribution in [0.3, 0.4) is 0 Å². The maximum absolute atomic E-state index is 11.1. The van der Waals surface area contributed by atoms with Gasteiger partial charge in [-0.2, -0.15) is 0 Å². The van der Waals surface area contributed by atoms with E-state index in [9.17, 15) is 4.79 Å². The van der Waals surface area contributed by atoms with Crippen LogP contribution in [-0.4, -0.2) is 23.8 Å². The lowest BCUT2D eigenvalue weighted by atomic mass is 10.5. The van der Waals surface area contributed by atoms with Crippen molar-refractivity contribution >= 4 is 17.7 Å². The molecule has 4 nitrogen and oxygen atoms in total. The second-order valence-electron chi connectivity index (χ2n) is 1.91. The molecular weight excluding hydrogens is 178 g/mol. The van der Waals surface area contributed by atoms with Crippen molar-refractivity contribution in [2.24, 2.45) is 0 Å². The summed E-state index contributed by atoms with van der Waals surface area (Å²) in [6, 6.07) is 0. The quantitative estimate of drug-likeness (QED) is 0.531. The van der Waals surface area contributed by atoms with Gasteiger partial charge in [0.15, 0.2) is 6.39 Å². The highest BCUT2D eigenvalue weighted by Crippen LogP contribution is 2.18. The monoisotopic (exact) mass is 187 g/mol. The first kappa shape index (κ1) is 9.12. The molecule has 0 saturated heterocycles. The van der Waals surface area contributed by atoms with E-state index in [0.717, 1.165) is 0 Å². The van der Waals surface area contributed by atoms with Crippen LogP contribution in [0.15, 0.2) is 15.8 Å². The number of aromatic nitrogens is 1. The fourth-order valence-electron chi connectivity index (χ4n) is 0.713. The fraction of sp³-hybridized carbons (Fsp3) is 0.429. The van der Waals surface area contributed by atoms with Gasteiger partial charge in [-0.15, -0.1) is 11.8 Å². The number of ether oxygens (including phenoxy) is 1. The minimum absolute atomic E-state index is 0.185. The Morgan fingerprint density at radius 2 is 2.58 bits per heavy atom. The molecular formula is C7H9NO3S. The van der Waals surface area contributed by atoms with Crippen LogP contribution in [-0.2, 0) is 4.74 Å². The van der Waals surface area contributed by atoms with Gasteiger partial charge in [0.25, 0.3) is 0 Å². The van der Waals surface area contributed by atoms with Crippen LogP contribution in [0.2, 0.25) is 0 Å². The molecule has 0 atom stereocenters. The first-order chi connectivity index (χ1) is 5.79. The van der Waals surface area contributed by atoms with Crippen molar-refractivity contribution in [1.82, 2.24) is 4.98 Å². The van der Waals surface area contributed by atoms with E-state index in [4.69, 9.17) is 9.15 Å². The molecule has 0 unspecified atom stereocenters. The van der Waals surface area contributed by atoms with E-state index in [1.807, 2.05) is 6.26 Å². The van der Waals surface area contributed by atoms with E-state index in [2.05, 4.69) is 4.98 Å². The Kier molecular flexibility index (Phi) is 3.16. The van der Waals surface area contributed by atoms with E-state index in [0.29, 0.717) is 11.6 Å². The standard InChI is InChI=1S/C7H9NO3S/c1-3-10-7(9)5-6(12-2)8-4-11-5/h4H,3H2,1-2H3. The predicted molar refractivity (Wildman–Crippen MR) is 44.2 cm³/mol. The number of rotatable bonds is 3. The number of carbonyl (C=O) groups is 1. The number of hydrogen-bond donors (Lipinski definition) is 0. The van der Waals surface area contributed by atoms with E-state index in [-0.39, 0.29) is 5.76 Å². The lowest BCUT2D eigenvalue weighted by Gasteiger charge is -1.97. The van der Waals surface area contributed by atoms with Gasteiger partial charge in [0.2, 0.25) is 5.76 Å². The molecule has 0 N–H and O–H groups in total. The van der Waals surface area contributed by atoms with Gasteiger partial charge in [-0.25, -0.2) is 9.78 Å². The van der Waals surface area contributed by atoms with Gasteiger partial charge < -0.3 is 9.15 Å². The van der Waals surface area contributed by atoms with E-state index in [1.54, 1.807) is 6.92 Å². The SMILES string of the molecule is CCOC(=O)c1ocnc1SC. The first-order valence-electron chi connectivity index (χ1n) is 3.44. The second kappa shape index (κ2) is 4.15. The van der Waals surface area contributed by atoms with Crippen LogP contribution < -0.4 is 0 Å². The molecule has 0 amide bonds. The molecule has 0 bridgehead atoms. The molecule has 1 aromatic rings. The van der Waals surface area contributed by atoms with Crippen LogP contribution in [0.5, 0.6) is 0 Å². The van der Waals surface area contributed by atoms with E-state index < -0.39 is 5.97 Å². The first-order valence-corrected chi connectivity index (χ1v) is 4.66. The fourth-order valence-corrected chi connectivity index (χ4v) is 1.18. The van der Waals surface area contributed by atoms with Gasteiger partial charge >= 0.3 is 5.97 Å². The molecule has 5 heteroatoms. The number of thioether (sulfide) groups is 1. The average molecular weight is 187 g/mol. The van der Waals surface area contributed by atoms with Gasteiger partial charge in [-0.3, -0.25) is 0 Å². The van der Waals surface area contributed by atoms with Crippen molar-refractivity contribution in [3.05, 3.63) is 12.2 Å². The summed E-state index contributed by atoms with van der Waals surface area (Å²) in [4.78, 5) is 14.9. The number of hydrogen-bond acceptors (Lipinski definition) is 5. The topological polar surface area (TPSA) is 52.3 Å². The van der Waals surface area contributed by atoms with Crippen molar-refractivity contribution in [1.29, 1.82) is 0 Å². The lowest BCUT2D eigenvalue weighted by molar-refractivity contribution is 0.0484. The molecule has 0 radical (unpaired) electrons. The zero-order valence-corrected chi connectivity index (χ0v) is 7.68. The minimum Gasteiger partial charge on any atom is -0.460 e. The molecule has 0 aliphatic heterocycles. The molecule has 1 aromatic heterocycles. The lowest BCUT2D eigenvalue weighted by Crippen LogP contribution is -2.04. The zero-order chi connectivity index (χ0) is 8.97. The minimum atomic E-state index is -0.459. The van der Waals surface area contributed by atoms with Crippen molar-refractivity contribution in [2.45, 2.75) is 11.9 Å². The summed E-state index contributed by atoms with van der Waals surface area (Å²) < 4.78 is 9.61. The van der Waals surface area contributed by atoms with Gasteiger partial charge in [0.05, 0.1) is 6.61 Å². The third kappa shape index (κ3) is 1.79. The summed E-state index contributed by atoms with van der Waals surface area (Å²) >= 11 is 1.35. The van der Waals surface area contributed by atoms with Crippen molar-refractivity contribution in [2.75, 3.05) is 12.9 Å². The average Bonchev–Trinajstić information content (AvgIpc) is 2.51. The van der Waals surface area contributed by atoms with Gasteiger partial charge in [-0.1, -0.05) is 0 Å². The van der Waals surface area contributed by atoms with E-state index >= 15 is 0 Å². The summed E-state index contributed by atoms with van der Waals surface area (Å²) in [6.45, 7) is 2.08. The predicted octanol–water partition coefficient (Wildman–Crippen LogP) is 1.57. The van der Waals surface area contributed by atoms with Crippen molar-refractivity contribution in [3.63, 3.8) is 0 Å².